The van der Waals surface area contributed by atoms with Gasteiger partial charge in [0.15, 0.2) is 5.16 Å². The highest BCUT2D eigenvalue weighted by atomic mass is 32.2. The molecular weight excluding hydrogens is 366 g/mol. The zero-order chi connectivity index (χ0) is 17.9. The molecule has 0 N–H and O–H groups in total. The minimum atomic E-state index is -0.0487. The molecule has 4 aromatic rings. The molecule has 0 fully saturated rings. The van der Waals surface area contributed by atoms with E-state index in [0.717, 1.165) is 22.5 Å². The molecule has 0 aliphatic carbocycles. The van der Waals surface area contributed by atoms with Crippen LogP contribution in [0, 0.1) is 0 Å². The molecular formula is C19H15N3O2S2. The van der Waals surface area contributed by atoms with E-state index in [0.29, 0.717) is 15.6 Å². The molecule has 3 heterocycles. The predicted molar refractivity (Wildman–Crippen MR) is 106 cm³/mol. The molecule has 0 saturated heterocycles. The quantitative estimate of drug-likeness (QED) is 0.384. The molecule has 4 rings (SSSR count). The van der Waals surface area contributed by atoms with Crippen LogP contribution >= 0.6 is 23.1 Å². The van der Waals surface area contributed by atoms with Gasteiger partial charge >= 0.3 is 0 Å². The first-order chi connectivity index (χ1) is 12.8. The van der Waals surface area contributed by atoms with E-state index < -0.39 is 0 Å². The lowest BCUT2D eigenvalue weighted by molar-refractivity contribution is 0.414. The summed E-state index contributed by atoms with van der Waals surface area (Å²) >= 11 is 2.95. The zero-order valence-electron chi connectivity index (χ0n) is 14.0. The maximum absolute atomic E-state index is 13.1. The van der Waals surface area contributed by atoms with E-state index in [1.165, 1.54) is 23.1 Å². The number of aromatic nitrogens is 3. The van der Waals surface area contributed by atoms with Crippen LogP contribution < -0.4 is 10.3 Å². The second-order valence-electron chi connectivity index (χ2n) is 5.51. The third-order valence-corrected chi connectivity index (χ3v) is 5.80. The summed E-state index contributed by atoms with van der Waals surface area (Å²) in [5, 5.41) is 2.57. The number of fused-ring (bicyclic) bond motifs is 1. The Kier molecular flexibility index (Phi) is 4.73. The number of hydrogen-bond donors (Lipinski definition) is 0. The Morgan fingerprint density at radius 3 is 2.62 bits per heavy atom. The number of thioether (sulfide) groups is 1. The van der Waals surface area contributed by atoms with Crippen LogP contribution in [0.1, 0.15) is 5.56 Å². The number of nitrogens with zero attached hydrogens (tertiary/aromatic N) is 3. The standard InChI is InChI=1S/C19H15N3O2S2/c1-24-15-4-2-14(3-5-15)22-18(23)17-16(8-11-25-17)21-19(22)26-12-13-6-9-20-10-7-13/h2-11H,12H2,1H3. The van der Waals surface area contributed by atoms with Gasteiger partial charge in [0.25, 0.3) is 5.56 Å². The summed E-state index contributed by atoms with van der Waals surface area (Å²) in [7, 11) is 1.62. The summed E-state index contributed by atoms with van der Waals surface area (Å²) in [4.78, 5) is 21.8. The Bertz CT molecular complexity index is 1090. The van der Waals surface area contributed by atoms with E-state index >= 15 is 0 Å². The summed E-state index contributed by atoms with van der Waals surface area (Å²) in [6, 6.07) is 13.2. The fourth-order valence-corrected chi connectivity index (χ4v) is 4.30. The van der Waals surface area contributed by atoms with E-state index in [-0.39, 0.29) is 5.56 Å². The van der Waals surface area contributed by atoms with Crippen molar-refractivity contribution in [1.82, 2.24) is 14.5 Å². The van der Waals surface area contributed by atoms with Gasteiger partial charge in [-0.25, -0.2) is 4.98 Å². The smallest absolute Gasteiger partial charge is 0.276 e. The number of thiophene rings is 1. The number of rotatable bonds is 5. The Balaban J connectivity index is 1.80. The van der Waals surface area contributed by atoms with Gasteiger partial charge in [-0.1, -0.05) is 11.8 Å². The topological polar surface area (TPSA) is 57.0 Å². The molecule has 1 aromatic carbocycles. The average molecular weight is 381 g/mol. The lowest BCUT2D eigenvalue weighted by atomic mass is 10.3. The predicted octanol–water partition coefficient (Wildman–Crippen LogP) is 4.14. The molecule has 0 saturated carbocycles. The lowest BCUT2D eigenvalue weighted by Crippen LogP contribution is -2.20. The molecule has 0 radical (unpaired) electrons. The molecule has 0 atom stereocenters. The number of benzene rings is 1. The first kappa shape index (κ1) is 16.8. The van der Waals surface area contributed by atoms with Gasteiger partial charge in [-0.2, -0.15) is 0 Å². The van der Waals surface area contributed by atoms with E-state index in [1.54, 1.807) is 24.1 Å². The summed E-state index contributed by atoms with van der Waals surface area (Å²) < 4.78 is 7.55. The largest absolute Gasteiger partial charge is 0.497 e. The Morgan fingerprint density at radius 2 is 1.88 bits per heavy atom. The normalized spacial score (nSPS) is 11.0. The minimum absolute atomic E-state index is 0.0487. The fourth-order valence-electron chi connectivity index (χ4n) is 2.57. The van der Waals surface area contributed by atoms with E-state index in [2.05, 4.69) is 4.98 Å². The molecule has 0 amide bonds. The molecule has 0 aliphatic heterocycles. The van der Waals surface area contributed by atoms with Crippen molar-refractivity contribution in [2.24, 2.45) is 0 Å². The van der Waals surface area contributed by atoms with Crippen molar-refractivity contribution >= 4 is 33.3 Å². The Morgan fingerprint density at radius 1 is 1.12 bits per heavy atom. The van der Waals surface area contributed by atoms with Crippen LogP contribution in [-0.4, -0.2) is 21.6 Å². The highest BCUT2D eigenvalue weighted by molar-refractivity contribution is 7.98. The third kappa shape index (κ3) is 3.23. The summed E-state index contributed by atoms with van der Waals surface area (Å²) in [5.41, 5.74) is 2.59. The summed E-state index contributed by atoms with van der Waals surface area (Å²) in [5.74, 6) is 1.46. The van der Waals surface area contributed by atoms with Crippen molar-refractivity contribution in [2.45, 2.75) is 10.9 Å². The van der Waals surface area contributed by atoms with Crippen molar-refractivity contribution in [3.05, 3.63) is 76.2 Å². The molecule has 0 aliphatic rings. The first-order valence-corrected chi connectivity index (χ1v) is 9.79. The van der Waals surface area contributed by atoms with Crippen LogP contribution in [0.5, 0.6) is 5.75 Å². The van der Waals surface area contributed by atoms with Crippen molar-refractivity contribution in [1.29, 1.82) is 0 Å². The average Bonchev–Trinajstić information content (AvgIpc) is 3.16. The highest BCUT2D eigenvalue weighted by Crippen LogP contribution is 2.26. The first-order valence-electron chi connectivity index (χ1n) is 7.92. The second-order valence-corrected chi connectivity index (χ2v) is 7.37. The number of ether oxygens (including phenoxy) is 1. The monoisotopic (exact) mass is 381 g/mol. The Hall–Kier alpha value is -2.64. The van der Waals surface area contributed by atoms with E-state index in [1.807, 2.05) is 47.8 Å². The van der Waals surface area contributed by atoms with Crippen molar-refractivity contribution in [2.75, 3.05) is 7.11 Å². The Labute approximate surface area is 158 Å². The van der Waals surface area contributed by atoms with Crippen LogP contribution in [0.15, 0.2) is 70.2 Å². The maximum Gasteiger partial charge on any atom is 0.276 e. The molecule has 26 heavy (non-hydrogen) atoms. The SMILES string of the molecule is COc1ccc(-n2c(SCc3ccncc3)nc3ccsc3c2=O)cc1. The number of pyridine rings is 1. The summed E-state index contributed by atoms with van der Waals surface area (Å²) in [6.45, 7) is 0. The number of hydrogen-bond acceptors (Lipinski definition) is 6. The maximum atomic E-state index is 13.1. The third-order valence-electron chi connectivity index (χ3n) is 3.90. The molecule has 5 nitrogen and oxygen atoms in total. The van der Waals surface area contributed by atoms with Crippen molar-refractivity contribution in [3.63, 3.8) is 0 Å². The molecule has 130 valence electrons. The molecule has 3 aromatic heterocycles. The van der Waals surface area contributed by atoms with Gasteiger partial charge in [0, 0.05) is 18.1 Å². The lowest BCUT2D eigenvalue weighted by Gasteiger charge is -2.12. The van der Waals surface area contributed by atoms with Crippen molar-refractivity contribution in [3.8, 4) is 11.4 Å². The van der Waals surface area contributed by atoms with Crippen LogP contribution in [0.2, 0.25) is 0 Å². The summed E-state index contributed by atoms with van der Waals surface area (Å²) in [6.07, 6.45) is 3.53. The van der Waals surface area contributed by atoms with Gasteiger partial charge in [0.1, 0.15) is 10.4 Å². The van der Waals surface area contributed by atoms with Gasteiger partial charge in [-0.05, 0) is 53.4 Å². The van der Waals surface area contributed by atoms with Gasteiger partial charge in [-0.15, -0.1) is 11.3 Å². The van der Waals surface area contributed by atoms with Gasteiger partial charge < -0.3 is 4.74 Å². The molecule has 0 unspecified atom stereocenters. The van der Waals surface area contributed by atoms with Gasteiger partial charge in [0.2, 0.25) is 0 Å². The van der Waals surface area contributed by atoms with Crippen molar-refractivity contribution < 1.29 is 4.74 Å². The van der Waals surface area contributed by atoms with Gasteiger partial charge in [0.05, 0.1) is 18.3 Å². The van der Waals surface area contributed by atoms with E-state index in [4.69, 9.17) is 9.72 Å². The van der Waals surface area contributed by atoms with Crippen LogP contribution in [0.4, 0.5) is 0 Å². The highest BCUT2D eigenvalue weighted by Gasteiger charge is 2.14. The molecule has 0 spiro atoms. The fraction of sp³-hybridized carbons (Fsp3) is 0.105. The second kappa shape index (κ2) is 7.31. The van der Waals surface area contributed by atoms with Crippen LogP contribution in [0.3, 0.4) is 0 Å². The van der Waals surface area contributed by atoms with Crippen LogP contribution in [0.25, 0.3) is 15.9 Å². The zero-order valence-corrected chi connectivity index (χ0v) is 15.6. The number of methoxy groups -OCH3 is 1. The van der Waals surface area contributed by atoms with Gasteiger partial charge in [-0.3, -0.25) is 14.3 Å². The minimum Gasteiger partial charge on any atom is -0.497 e. The van der Waals surface area contributed by atoms with E-state index in [9.17, 15) is 4.79 Å². The molecule has 0 bridgehead atoms. The molecule has 7 heteroatoms. The van der Waals surface area contributed by atoms with Crippen LogP contribution in [-0.2, 0) is 5.75 Å².